The van der Waals surface area contributed by atoms with Crippen LogP contribution in [0.1, 0.15) is 24.9 Å². The number of anilines is 1. The molecule has 2 aromatic carbocycles. The van der Waals surface area contributed by atoms with Crippen molar-refractivity contribution in [1.29, 1.82) is 0 Å². The number of carbonyl (C=O) groups is 1. The Hall–Kier alpha value is -2.29. The lowest BCUT2D eigenvalue weighted by atomic mass is 10.0. The molecule has 0 fully saturated rings. The van der Waals surface area contributed by atoms with E-state index in [0.29, 0.717) is 6.42 Å². The van der Waals surface area contributed by atoms with Crippen molar-refractivity contribution in [2.45, 2.75) is 19.4 Å². The predicted octanol–water partition coefficient (Wildman–Crippen LogP) is 3.83. The molecule has 0 heterocycles. The molecule has 0 unspecified atom stereocenters. The minimum Gasteiger partial charge on any atom is -0.495 e. The van der Waals surface area contributed by atoms with Crippen LogP contribution in [0.4, 0.5) is 5.69 Å². The number of ether oxygens (including phenoxy) is 1. The van der Waals surface area contributed by atoms with Crippen LogP contribution in [0.3, 0.4) is 0 Å². The smallest absolute Gasteiger partial charge is 0.141 e. The molecular formula is C17H19NO2. The van der Waals surface area contributed by atoms with E-state index in [4.69, 9.17) is 4.74 Å². The molecule has 0 aromatic heterocycles. The number of nitrogens with one attached hydrogen (secondary N) is 1. The van der Waals surface area contributed by atoms with Gasteiger partial charge in [-0.3, -0.25) is 4.79 Å². The van der Waals surface area contributed by atoms with Crippen molar-refractivity contribution in [1.82, 2.24) is 0 Å². The SMILES string of the molecule is COc1ccccc1N[C@H](CC(C)=O)c1ccccc1. The lowest BCUT2D eigenvalue weighted by Gasteiger charge is -2.20. The van der Waals surface area contributed by atoms with Gasteiger partial charge in [0, 0.05) is 6.42 Å². The number of carbonyl (C=O) groups excluding carboxylic acids is 1. The average molecular weight is 269 g/mol. The number of methoxy groups -OCH3 is 1. The standard InChI is InChI=1S/C17H19NO2/c1-13(19)12-16(14-8-4-3-5-9-14)18-15-10-6-7-11-17(15)20-2/h3-11,16,18H,12H2,1-2H3/t16-/m1/s1. The summed E-state index contributed by atoms with van der Waals surface area (Å²) in [6.07, 6.45) is 0.446. The van der Waals surface area contributed by atoms with Crippen LogP contribution in [0.2, 0.25) is 0 Å². The van der Waals surface area contributed by atoms with Gasteiger partial charge in [-0.2, -0.15) is 0 Å². The van der Waals surface area contributed by atoms with Crippen molar-refractivity contribution in [2.75, 3.05) is 12.4 Å². The van der Waals surface area contributed by atoms with Crippen LogP contribution < -0.4 is 10.1 Å². The monoisotopic (exact) mass is 269 g/mol. The van der Waals surface area contributed by atoms with Gasteiger partial charge in [0.1, 0.15) is 11.5 Å². The van der Waals surface area contributed by atoms with E-state index in [-0.39, 0.29) is 11.8 Å². The fourth-order valence-electron chi connectivity index (χ4n) is 2.18. The normalized spacial score (nSPS) is 11.7. The molecule has 20 heavy (non-hydrogen) atoms. The zero-order valence-corrected chi connectivity index (χ0v) is 11.8. The maximum absolute atomic E-state index is 11.5. The van der Waals surface area contributed by atoms with Gasteiger partial charge < -0.3 is 10.1 Å². The maximum Gasteiger partial charge on any atom is 0.141 e. The Morgan fingerprint density at radius 2 is 1.75 bits per heavy atom. The van der Waals surface area contributed by atoms with Crippen LogP contribution in [0.15, 0.2) is 54.6 Å². The first kappa shape index (κ1) is 14.1. The summed E-state index contributed by atoms with van der Waals surface area (Å²) in [5, 5.41) is 3.40. The zero-order valence-electron chi connectivity index (χ0n) is 11.8. The summed E-state index contributed by atoms with van der Waals surface area (Å²) in [5.41, 5.74) is 1.98. The summed E-state index contributed by atoms with van der Waals surface area (Å²) >= 11 is 0. The van der Waals surface area contributed by atoms with Gasteiger partial charge in [0.05, 0.1) is 18.8 Å². The van der Waals surface area contributed by atoms with Crippen molar-refractivity contribution in [3.63, 3.8) is 0 Å². The fraction of sp³-hybridized carbons (Fsp3) is 0.235. The first-order valence-corrected chi connectivity index (χ1v) is 6.64. The predicted molar refractivity (Wildman–Crippen MR) is 81.1 cm³/mol. The molecule has 0 spiro atoms. The molecule has 0 radical (unpaired) electrons. The quantitative estimate of drug-likeness (QED) is 0.866. The van der Waals surface area contributed by atoms with Gasteiger partial charge in [-0.1, -0.05) is 42.5 Å². The largest absolute Gasteiger partial charge is 0.495 e. The van der Waals surface area contributed by atoms with Crippen LogP contribution in [-0.4, -0.2) is 12.9 Å². The number of Topliss-reactive ketones (excluding diaryl/α,β-unsaturated/α-hetero) is 1. The molecule has 104 valence electrons. The highest BCUT2D eigenvalue weighted by atomic mass is 16.5. The van der Waals surface area contributed by atoms with Gasteiger partial charge in [-0.25, -0.2) is 0 Å². The molecule has 3 heteroatoms. The molecule has 2 aromatic rings. The molecule has 3 nitrogen and oxygen atoms in total. The van der Waals surface area contributed by atoms with Crippen molar-refractivity contribution < 1.29 is 9.53 Å². The van der Waals surface area contributed by atoms with E-state index in [1.165, 1.54) is 0 Å². The van der Waals surface area contributed by atoms with Gasteiger partial charge in [0.15, 0.2) is 0 Å². The zero-order chi connectivity index (χ0) is 14.4. The third-order valence-electron chi connectivity index (χ3n) is 3.13. The van der Waals surface area contributed by atoms with E-state index in [1.54, 1.807) is 14.0 Å². The van der Waals surface area contributed by atoms with E-state index >= 15 is 0 Å². The Morgan fingerprint density at radius 1 is 1.10 bits per heavy atom. The lowest BCUT2D eigenvalue weighted by Crippen LogP contribution is -2.14. The third kappa shape index (κ3) is 3.60. The van der Waals surface area contributed by atoms with E-state index in [9.17, 15) is 4.79 Å². The van der Waals surface area contributed by atoms with Crippen LogP contribution in [0, 0.1) is 0 Å². The molecule has 0 saturated carbocycles. The second kappa shape index (κ2) is 6.75. The number of hydrogen-bond donors (Lipinski definition) is 1. The number of benzene rings is 2. The first-order valence-electron chi connectivity index (χ1n) is 6.64. The molecule has 1 N–H and O–H groups in total. The lowest BCUT2D eigenvalue weighted by molar-refractivity contribution is -0.117. The Balaban J connectivity index is 2.26. The van der Waals surface area contributed by atoms with Gasteiger partial charge in [-0.15, -0.1) is 0 Å². The average Bonchev–Trinajstić information content (AvgIpc) is 2.47. The van der Waals surface area contributed by atoms with Gasteiger partial charge in [0.25, 0.3) is 0 Å². The summed E-state index contributed by atoms with van der Waals surface area (Å²) in [6.45, 7) is 1.61. The van der Waals surface area contributed by atoms with Crippen molar-refractivity contribution in [3.05, 3.63) is 60.2 Å². The van der Waals surface area contributed by atoms with Crippen LogP contribution in [0.25, 0.3) is 0 Å². The highest BCUT2D eigenvalue weighted by Crippen LogP contribution is 2.29. The summed E-state index contributed by atoms with van der Waals surface area (Å²) in [6, 6.07) is 17.6. The van der Waals surface area contributed by atoms with E-state index < -0.39 is 0 Å². The summed E-state index contributed by atoms with van der Waals surface area (Å²) in [4.78, 5) is 11.5. The highest BCUT2D eigenvalue weighted by Gasteiger charge is 2.15. The second-order valence-electron chi connectivity index (χ2n) is 4.71. The summed E-state index contributed by atoms with van der Waals surface area (Å²) in [7, 11) is 1.64. The van der Waals surface area contributed by atoms with Gasteiger partial charge in [-0.05, 0) is 24.6 Å². The minimum atomic E-state index is -0.0509. The third-order valence-corrected chi connectivity index (χ3v) is 3.13. The molecule has 0 saturated heterocycles. The second-order valence-corrected chi connectivity index (χ2v) is 4.71. The number of ketones is 1. The molecule has 0 aliphatic heterocycles. The summed E-state index contributed by atoms with van der Waals surface area (Å²) < 4.78 is 5.34. The fourth-order valence-corrected chi connectivity index (χ4v) is 2.18. The number of hydrogen-bond acceptors (Lipinski definition) is 3. The molecule has 1 atom stereocenters. The van der Waals surface area contributed by atoms with Crippen LogP contribution >= 0.6 is 0 Å². The summed E-state index contributed by atoms with van der Waals surface area (Å²) in [5.74, 6) is 0.929. The maximum atomic E-state index is 11.5. The van der Waals surface area contributed by atoms with Crippen LogP contribution in [-0.2, 0) is 4.79 Å². The topological polar surface area (TPSA) is 38.3 Å². The van der Waals surface area contributed by atoms with E-state index in [2.05, 4.69) is 5.32 Å². The van der Waals surface area contributed by atoms with Crippen molar-refractivity contribution >= 4 is 11.5 Å². The van der Waals surface area contributed by atoms with E-state index in [0.717, 1.165) is 17.0 Å². The first-order chi connectivity index (χ1) is 9.70. The van der Waals surface area contributed by atoms with Crippen molar-refractivity contribution in [3.8, 4) is 5.75 Å². The van der Waals surface area contributed by atoms with Crippen LogP contribution in [0.5, 0.6) is 5.75 Å². The molecule has 0 aliphatic rings. The van der Waals surface area contributed by atoms with Gasteiger partial charge in [0.2, 0.25) is 0 Å². The molecular weight excluding hydrogens is 250 g/mol. The Kier molecular flexibility index (Phi) is 4.77. The Labute approximate surface area is 119 Å². The minimum absolute atomic E-state index is 0.0509. The Morgan fingerprint density at radius 3 is 2.40 bits per heavy atom. The van der Waals surface area contributed by atoms with E-state index in [1.807, 2.05) is 54.6 Å². The molecule has 2 rings (SSSR count). The number of rotatable bonds is 6. The highest BCUT2D eigenvalue weighted by molar-refractivity contribution is 5.77. The Bertz CT molecular complexity index is 566. The van der Waals surface area contributed by atoms with Gasteiger partial charge >= 0.3 is 0 Å². The molecule has 0 aliphatic carbocycles. The molecule has 0 amide bonds. The molecule has 0 bridgehead atoms. The number of para-hydroxylation sites is 2. The van der Waals surface area contributed by atoms with Crippen molar-refractivity contribution in [2.24, 2.45) is 0 Å².